The Labute approximate surface area is 126 Å². The maximum absolute atomic E-state index is 12.2. The summed E-state index contributed by atoms with van der Waals surface area (Å²) in [4.78, 5) is 36.3. The third-order valence-corrected chi connectivity index (χ3v) is 3.26. The van der Waals surface area contributed by atoms with E-state index in [1.807, 2.05) is 20.8 Å². The molecule has 0 aliphatic carbocycles. The summed E-state index contributed by atoms with van der Waals surface area (Å²) in [6, 6.07) is 6.13. The normalized spacial score (nSPS) is 10.4. The third kappa shape index (κ3) is 4.62. The molecule has 0 saturated carbocycles. The van der Waals surface area contributed by atoms with Gasteiger partial charge in [0.2, 0.25) is 0 Å². The second-order valence-electron chi connectivity index (χ2n) is 5.18. The number of carbonyl (C=O) groups is 3. The molecule has 0 aliphatic heterocycles. The molecule has 0 aromatic heterocycles. The number of benzene rings is 1. The Morgan fingerprint density at radius 2 is 1.33 bits per heavy atom. The number of hydrogen-bond donors (Lipinski definition) is 0. The minimum Gasteiger partial charge on any atom is -0.294 e. The van der Waals surface area contributed by atoms with Gasteiger partial charge >= 0.3 is 0 Å². The van der Waals surface area contributed by atoms with E-state index in [9.17, 15) is 14.4 Å². The van der Waals surface area contributed by atoms with Crippen LogP contribution >= 0.6 is 0 Å². The molecule has 0 amide bonds. The van der Waals surface area contributed by atoms with E-state index < -0.39 is 0 Å². The summed E-state index contributed by atoms with van der Waals surface area (Å²) < 4.78 is 0. The molecule has 0 spiro atoms. The first-order chi connectivity index (χ1) is 10.0. The van der Waals surface area contributed by atoms with Crippen molar-refractivity contribution in [3.8, 4) is 0 Å². The highest BCUT2D eigenvalue weighted by molar-refractivity contribution is 6.10. The highest BCUT2D eigenvalue weighted by Crippen LogP contribution is 2.18. The lowest BCUT2D eigenvalue weighted by molar-refractivity contribution is 0.0946. The monoisotopic (exact) mass is 287 g/mol. The minimum absolute atomic E-state index is 0.0301. The summed E-state index contributed by atoms with van der Waals surface area (Å²) in [5.74, 6) is -0.191. The van der Waals surface area contributed by atoms with Crippen LogP contribution in [0.2, 0.25) is 0 Å². The molecule has 0 fully saturated rings. The lowest BCUT2D eigenvalue weighted by Gasteiger charge is -2.09. The van der Waals surface area contributed by atoms with E-state index in [-0.39, 0.29) is 22.9 Å². The number of carbonyl (C=O) groups excluding carboxylic acids is 3. The maximum Gasteiger partial charge on any atom is 0.164 e. The van der Waals surface area contributed by atoms with Crippen LogP contribution in [0, 0.1) is 6.07 Å². The van der Waals surface area contributed by atoms with Crippen molar-refractivity contribution in [3.05, 3.63) is 34.9 Å². The molecule has 1 aromatic rings. The molecule has 0 bridgehead atoms. The Morgan fingerprint density at radius 1 is 0.810 bits per heavy atom. The van der Waals surface area contributed by atoms with E-state index in [0.717, 1.165) is 12.8 Å². The molecule has 3 nitrogen and oxygen atoms in total. The molecule has 0 N–H and O–H groups in total. The molecule has 1 radical (unpaired) electrons. The fraction of sp³-hybridized carbons (Fsp3) is 0.500. The Kier molecular flexibility index (Phi) is 7.00. The van der Waals surface area contributed by atoms with E-state index in [4.69, 9.17) is 0 Å². The van der Waals surface area contributed by atoms with Crippen molar-refractivity contribution in [2.24, 2.45) is 0 Å². The van der Waals surface area contributed by atoms with Crippen LogP contribution in [-0.2, 0) is 0 Å². The molecule has 113 valence electrons. The summed E-state index contributed by atoms with van der Waals surface area (Å²) in [6.45, 7) is 5.77. The van der Waals surface area contributed by atoms with Gasteiger partial charge in [0.25, 0.3) is 0 Å². The van der Waals surface area contributed by atoms with Gasteiger partial charge in [-0.25, -0.2) is 0 Å². The van der Waals surface area contributed by atoms with E-state index in [1.54, 1.807) is 12.1 Å². The van der Waals surface area contributed by atoms with Crippen molar-refractivity contribution >= 4 is 17.3 Å². The van der Waals surface area contributed by atoms with E-state index in [2.05, 4.69) is 6.07 Å². The molecule has 3 heteroatoms. The van der Waals surface area contributed by atoms with Gasteiger partial charge in [-0.05, 0) is 25.3 Å². The number of rotatable bonds is 9. The zero-order chi connectivity index (χ0) is 15.8. The van der Waals surface area contributed by atoms with Gasteiger partial charge in [-0.2, -0.15) is 0 Å². The second kappa shape index (κ2) is 8.50. The summed E-state index contributed by atoms with van der Waals surface area (Å²) in [6.07, 6.45) is 3.40. The Bertz CT molecular complexity index is 529. The van der Waals surface area contributed by atoms with Crippen LogP contribution in [0.3, 0.4) is 0 Å². The minimum atomic E-state index is -0.108. The lowest BCUT2D eigenvalue weighted by atomic mass is 9.92. The van der Waals surface area contributed by atoms with Crippen LogP contribution in [0.25, 0.3) is 0 Å². The smallest absolute Gasteiger partial charge is 0.164 e. The van der Waals surface area contributed by atoms with Crippen molar-refractivity contribution in [1.82, 2.24) is 0 Å². The van der Waals surface area contributed by atoms with Gasteiger partial charge < -0.3 is 0 Å². The number of hydrogen-bond acceptors (Lipinski definition) is 3. The first-order valence-electron chi connectivity index (χ1n) is 7.71. The first kappa shape index (κ1) is 17.3. The quantitative estimate of drug-likeness (QED) is 0.631. The van der Waals surface area contributed by atoms with Crippen molar-refractivity contribution in [1.29, 1.82) is 0 Å². The Balaban J connectivity index is 3.22. The topological polar surface area (TPSA) is 51.2 Å². The molecule has 0 heterocycles. The summed E-state index contributed by atoms with van der Waals surface area (Å²) in [5.41, 5.74) is 1.10. The summed E-state index contributed by atoms with van der Waals surface area (Å²) in [7, 11) is 0. The average molecular weight is 287 g/mol. The van der Waals surface area contributed by atoms with Gasteiger partial charge in [0, 0.05) is 42.0 Å². The maximum atomic E-state index is 12.2. The van der Waals surface area contributed by atoms with Gasteiger partial charge in [0.05, 0.1) is 0 Å². The average Bonchev–Trinajstić information content (AvgIpc) is 2.47. The lowest BCUT2D eigenvalue weighted by Crippen LogP contribution is -2.11. The Hall–Kier alpha value is -1.77. The van der Waals surface area contributed by atoms with Crippen LogP contribution in [0.15, 0.2) is 12.1 Å². The largest absolute Gasteiger partial charge is 0.294 e. The van der Waals surface area contributed by atoms with Crippen molar-refractivity contribution in [3.63, 3.8) is 0 Å². The van der Waals surface area contributed by atoms with Crippen molar-refractivity contribution in [2.45, 2.75) is 59.3 Å². The molecule has 0 saturated heterocycles. The summed E-state index contributed by atoms with van der Waals surface area (Å²) in [5, 5.41) is 0. The third-order valence-electron chi connectivity index (χ3n) is 3.26. The van der Waals surface area contributed by atoms with Crippen LogP contribution in [0.4, 0.5) is 0 Å². The fourth-order valence-corrected chi connectivity index (χ4v) is 2.18. The molecule has 0 unspecified atom stereocenters. The van der Waals surface area contributed by atoms with Crippen molar-refractivity contribution in [2.75, 3.05) is 0 Å². The summed E-state index contributed by atoms with van der Waals surface area (Å²) >= 11 is 0. The molecule has 1 rings (SSSR count). The highest BCUT2D eigenvalue weighted by Gasteiger charge is 2.18. The van der Waals surface area contributed by atoms with E-state index in [1.165, 1.54) is 0 Å². The van der Waals surface area contributed by atoms with E-state index in [0.29, 0.717) is 36.8 Å². The number of Topliss-reactive ketones (excluding diaryl/α,β-unsaturated/α-hetero) is 3. The Morgan fingerprint density at radius 3 is 1.90 bits per heavy atom. The van der Waals surface area contributed by atoms with Gasteiger partial charge in [-0.15, -0.1) is 0 Å². The standard InChI is InChI=1S/C18H23O3/c1-4-7-16(19)13-10-11-14(17(20)8-5-2)15(12-13)18(21)9-6-3/h10-11H,4-9H2,1-3H3. The predicted octanol–water partition coefficient (Wildman–Crippen LogP) is 4.44. The van der Waals surface area contributed by atoms with E-state index >= 15 is 0 Å². The fourth-order valence-electron chi connectivity index (χ4n) is 2.18. The SMILES string of the molecule is CCCC(=O)c1[c]c(C(=O)CCC)c(C(=O)CCC)cc1. The van der Waals surface area contributed by atoms with Crippen LogP contribution in [0.1, 0.15) is 90.4 Å². The van der Waals surface area contributed by atoms with Gasteiger partial charge in [0.15, 0.2) is 17.3 Å². The molecule has 0 aliphatic rings. The van der Waals surface area contributed by atoms with Gasteiger partial charge in [-0.1, -0.05) is 26.8 Å². The van der Waals surface area contributed by atoms with Crippen molar-refractivity contribution < 1.29 is 14.4 Å². The van der Waals surface area contributed by atoms with Crippen LogP contribution in [0.5, 0.6) is 0 Å². The van der Waals surface area contributed by atoms with Gasteiger partial charge in [0.1, 0.15) is 0 Å². The highest BCUT2D eigenvalue weighted by atomic mass is 16.1. The van der Waals surface area contributed by atoms with Crippen LogP contribution in [-0.4, -0.2) is 17.3 Å². The van der Waals surface area contributed by atoms with Gasteiger partial charge in [-0.3, -0.25) is 14.4 Å². The zero-order valence-corrected chi connectivity index (χ0v) is 13.1. The predicted molar refractivity (Wildman–Crippen MR) is 83.0 cm³/mol. The molecular formula is C18H23O3. The zero-order valence-electron chi connectivity index (χ0n) is 13.1. The second-order valence-corrected chi connectivity index (χ2v) is 5.18. The number of ketones is 3. The van der Waals surface area contributed by atoms with Crippen LogP contribution < -0.4 is 0 Å². The molecular weight excluding hydrogens is 264 g/mol. The first-order valence-corrected chi connectivity index (χ1v) is 7.71. The molecule has 0 atom stereocenters. The molecule has 21 heavy (non-hydrogen) atoms. The molecule has 1 aromatic carbocycles.